The number of anilines is 3. The third-order valence-corrected chi connectivity index (χ3v) is 10.4. The fourth-order valence-electron chi connectivity index (χ4n) is 3.25. The number of fused-ring (bicyclic) bond motifs is 2. The van der Waals surface area contributed by atoms with E-state index in [-0.39, 0.29) is 0 Å². The summed E-state index contributed by atoms with van der Waals surface area (Å²) in [7, 11) is 0. The quantitative estimate of drug-likeness (QED) is 0.591. The van der Waals surface area contributed by atoms with E-state index in [4.69, 9.17) is 0 Å². The van der Waals surface area contributed by atoms with E-state index in [2.05, 4.69) is 95.4 Å². The van der Waals surface area contributed by atoms with Gasteiger partial charge in [0.15, 0.2) is 0 Å². The molecule has 22 heavy (non-hydrogen) atoms. The van der Waals surface area contributed by atoms with Crippen LogP contribution in [-0.4, -0.2) is 12.8 Å². The van der Waals surface area contributed by atoms with Crippen molar-refractivity contribution in [2.24, 2.45) is 0 Å². The van der Waals surface area contributed by atoms with Crippen molar-refractivity contribution in [3.8, 4) is 0 Å². The second-order valence-corrected chi connectivity index (χ2v) is 13.3. The molecule has 0 fully saturated rings. The number of hydrogen-bond donors (Lipinski definition) is 0. The van der Waals surface area contributed by atoms with Crippen LogP contribution in [0.2, 0.25) is 11.6 Å². The number of para-hydroxylation sites is 3. The maximum atomic E-state index is 2.47. The molecule has 1 aliphatic heterocycles. The minimum absolute atomic E-state index is 1.23. The van der Waals surface area contributed by atoms with Crippen LogP contribution < -0.4 is 13.8 Å². The molecule has 0 atom stereocenters. The molecular weight excluding hydrogens is 333 g/mol. The molecule has 2 heteroatoms. The standard InChI is InChI=1S/C20H19NSe/c1-22(2)19-14-8-6-12-17(19)21(16-10-4-3-5-11-16)18-13-7-9-15-20(18)22/h3-15H,1-2H3. The van der Waals surface area contributed by atoms with E-state index < -0.39 is 12.8 Å². The van der Waals surface area contributed by atoms with Crippen molar-refractivity contribution in [1.82, 2.24) is 0 Å². The Balaban J connectivity index is 2.05. The van der Waals surface area contributed by atoms with Crippen molar-refractivity contribution in [3.05, 3.63) is 78.9 Å². The molecule has 1 nitrogen and oxygen atoms in total. The predicted molar refractivity (Wildman–Crippen MR) is 97.9 cm³/mol. The molecule has 0 unspecified atom stereocenters. The van der Waals surface area contributed by atoms with Crippen LogP contribution in [0.4, 0.5) is 17.1 Å². The van der Waals surface area contributed by atoms with Gasteiger partial charge in [-0.05, 0) is 0 Å². The fraction of sp³-hybridized carbons (Fsp3) is 0.100. The van der Waals surface area contributed by atoms with Crippen molar-refractivity contribution in [2.75, 3.05) is 4.90 Å². The summed E-state index contributed by atoms with van der Waals surface area (Å²) in [6.07, 6.45) is 0. The van der Waals surface area contributed by atoms with E-state index in [1.54, 1.807) is 0 Å². The summed E-state index contributed by atoms with van der Waals surface area (Å²) in [5.74, 6) is 4.94. The van der Waals surface area contributed by atoms with Crippen LogP contribution in [0.3, 0.4) is 0 Å². The Morgan fingerprint density at radius 1 is 0.591 bits per heavy atom. The average Bonchev–Trinajstić information content (AvgIpc) is 2.56. The van der Waals surface area contributed by atoms with Crippen LogP contribution in [0.15, 0.2) is 78.9 Å². The average molecular weight is 352 g/mol. The van der Waals surface area contributed by atoms with Gasteiger partial charge in [-0.15, -0.1) is 0 Å². The molecule has 4 rings (SSSR count). The molecule has 3 aromatic carbocycles. The van der Waals surface area contributed by atoms with Gasteiger partial charge >= 0.3 is 134 Å². The Morgan fingerprint density at radius 3 is 1.59 bits per heavy atom. The zero-order valence-corrected chi connectivity index (χ0v) is 14.6. The Kier molecular flexibility index (Phi) is 3.11. The molecule has 0 saturated carbocycles. The van der Waals surface area contributed by atoms with Crippen molar-refractivity contribution in [3.63, 3.8) is 0 Å². The second-order valence-electron chi connectivity index (χ2n) is 5.93. The Bertz CT molecular complexity index is 774. The summed E-state index contributed by atoms with van der Waals surface area (Å²) in [6.45, 7) is 0. The van der Waals surface area contributed by atoms with Crippen molar-refractivity contribution < 1.29 is 0 Å². The van der Waals surface area contributed by atoms with Gasteiger partial charge in [0.25, 0.3) is 0 Å². The van der Waals surface area contributed by atoms with E-state index >= 15 is 0 Å². The molecule has 0 saturated heterocycles. The number of nitrogens with zero attached hydrogens (tertiary/aromatic N) is 1. The SMILES string of the molecule is C[Se]1(C)c2ccccc2N(c2ccccc2)c2ccccc21. The van der Waals surface area contributed by atoms with Gasteiger partial charge in [-0.1, -0.05) is 0 Å². The molecule has 110 valence electrons. The van der Waals surface area contributed by atoms with Crippen LogP contribution in [0.5, 0.6) is 0 Å². The predicted octanol–water partition coefficient (Wildman–Crippen LogP) is 4.29. The van der Waals surface area contributed by atoms with Crippen molar-refractivity contribution in [2.45, 2.75) is 11.6 Å². The van der Waals surface area contributed by atoms with Gasteiger partial charge in [0.05, 0.1) is 0 Å². The summed E-state index contributed by atoms with van der Waals surface area (Å²) in [5, 5.41) is 0. The van der Waals surface area contributed by atoms with E-state index in [9.17, 15) is 0 Å². The Hall–Kier alpha value is -2.02. The molecular formula is C20H19NSe. The van der Waals surface area contributed by atoms with Gasteiger partial charge in [-0.25, -0.2) is 0 Å². The third-order valence-electron chi connectivity index (χ3n) is 4.33. The Morgan fingerprint density at radius 2 is 1.05 bits per heavy atom. The molecule has 0 radical (unpaired) electrons. The van der Waals surface area contributed by atoms with E-state index in [0.29, 0.717) is 0 Å². The van der Waals surface area contributed by atoms with Gasteiger partial charge in [-0.2, -0.15) is 0 Å². The molecule has 0 bridgehead atoms. The first-order valence-corrected chi connectivity index (χ1v) is 12.6. The minimum atomic E-state index is -1.86. The number of rotatable bonds is 1. The molecule has 0 aliphatic carbocycles. The molecule has 1 heterocycles. The van der Waals surface area contributed by atoms with Crippen LogP contribution in [0.1, 0.15) is 0 Å². The molecule has 0 amide bonds. The van der Waals surface area contributed by atoms with Gasteiger partial charge in [0.1, 0.15) is 0 Å². The first-order valence-electron chi connectivity index (χ1n) is 7.46. The van der Waals surface area contributed by atoms with Crippen molar-refractivity contribution >= 4 is 38.8 Å². The zero-order chi connectivity index (χ0) is 15.2. The van der Waals surface area contributed by atoms with Crippen LogP contribution in [0, 0.1) is 0 Å². The number of hydrogen-bond acceptors (Lipinski definition) is 1. The molecule has 3 aromatic rings. The summed E-state index contributed by atoms with van der Waals surface area (Å²) in [5.41, 5.74) is 3.92. The van der Waals surface area contributed by atoms with Crippen LogP contribution in [-0.2, 0) is 0 Å². The van der Waals surface area contributed by atoms with Gasteiger partial charge in [0, 0.05) is 0 Å². The normalized spacial score (nSPS) is 16.5. The summed E-state index contributed by atoms with van der Waals surface area (Å²) >= 11 is -1.86. The van der Waals surface area contributed by atoms with E-state index in [0.717, 1.165) is 0 Å². The van der Waals surface area contributed by atoms with Gasteiger partial charge in [-0.3, -0.25) is 0 Å². The van der Waals surface area contributed by atoms with Crippen LogP contribution in [0.25, 0.3) is 0 Å². The Labute approximate surface area is 134 Å². The van der Waals surface area contributed by atoms with Gasteiger partial charge in [0.2, 0.25) is 0 Å². The summed E-state index contributed by atoms with van der Waals surface area (Å²) in [4.78, 5) is 2.41. The fourth-order valence-corrected chi connectivity index (χ4v) is 8.37. The van der Waals surface area contributed by atoms with E-state index in [1.165, 1.54) is 26.0 Å². The zero-order valence-electron chi connectivity index (χ0n) is 12.9. The van der Waals surface area contributed by atoms with Crippen molar-refractivity contribution in [1.29, 1.82) is 0 Å². The third kappa shape index (κ3) is 1.92. The number of benzene rings is 3. The monoisotopic (exact) mass is 353 g/mol. The molecule has 0 N–H and O–H groups in total. The molecule has 0 aromatic heterocycles. The van der Waals surface area contributed by atoms with E-state index in [1.807, 2.05) is 0 Å². The summed E-state index contributed by atoms with van der Waals surface area (Å²) in [6, 6.07) is 28.5. The first-order chi connectivity index (χ1) is 10.7. The molecule has 0 spiro atoms. The van der Waals surface area contributed by atoms with Gasteiger partial charge < -0.3 is 0 Å². The van der Waals surface area contributed by atoms with Crippen LogP contribution >= 0.6 is 0 Å². The molecule has 1 aliphatic rings. The summed E-state index contributed by atoms with van der Waals surface area (Å²) < 4.78 is 3.06. The second kappa shape index (κ2) is 5.01. The first kappa shape index (κ1) is 13.6. The topological polar surface area (TPSA) is 3.24 Å². The maximum absolute atomic E-state index is 2.47.